The Morgan fingerprint density at radius 1 is 0.168 bits per heavy atom. The molecule has 0 radical (unpaired) electrons. The Balaban J connectivity index is 0.000000129. The van der Waals surface area contributed by atoms with Crippen molar-refractivity contribution < 1.29 is 0 Å². The monoisotopic (exact) mass is 1530 g/mol. The van der Waals surface area contributed by atoms with Crippen LogP contribution >= 0.6 is 11.6 Å². The molecule has 119 heavy (non-hydrogen) atoms. The molecule has 2 nitrogen and oxygen atoms in total. The van der Waals surface area contributed by atoms with Gasteiger partial charge in [0, 0.05) is 38.9 Å². The molecular weight excluding hydrogens is 1460 g/mol. The van der Waals surface area contributed by atoms with E-state index < -0.39 is 0 Å². The minimum absolute atomic E-state index is 0.767. The molecule has 1 N–H and O–H groups in total. The fourth-order valence-corrected chi connectivity index (χ4v) is 17.7. The summed E-state index contributed by atoms with van der Waals surface area (Å²) >= 11 is 6.01. The first-order valence-corrected chi connectivity index (χ1v) is 41.1. The zero-order valence-corrected chi connectivity index (χ0v) is 66.1. The van der Waals surface area contributed by atoms with Crippen molar-refractivity contribution in [2.45, 2.75) is 0 Å². The standard InChI is InChI=1S/C58H39N.C38H27N.C20H13Cl/c1-2-16-40(17-3-1)50-23-14-15-29-58(50)59(46-36-32-42(33-37-46)56-38-43-18-4-6-21-48(43)51-24-10-12-27-54(51)56)45-34-30-41(31-35-45)47-20-8-9-26-53(47)57-39-44-19-5-7-22-49(44)52-25-11-13-28-55(52)57;1-2-12-27(13-3-1)33-17-10-11-21-38(33)39-30-24-22-28(23-25-30)31-15-6-7-19-35(31)37-26-29-14-4-5-16-32(29)34-18-8-9-20-36(34)37;21-16-11-9-14(10-12-16)20-13-15-5-1-2-6-17(15)18-7-3-4-8-19(18)20/h1-39H;1-26,39H;1-13H. The SMILES string of the molecule is Clc1ccc(-c2cc3ccccc3c3ccccc23)cc1.c1ccc(-c2ccccc2N(c2ccc(-c3ccccc3-c3cc4ccccc4c4ccccc34)cc2)c2ccc(-c3cc4ccccc4c4ccccc34)cc2)cc1.c1ccc(-c2ccccc2Nc2ccc(-c3ccccc3-c3cc4ccccc4c4ccccc34)cc2)cc1. The highest BCUT2D eigenvalue weighted by Crippen LogP contribution is 2.47. The molecular formula is C116H79ClN2. The number of fused-ring (bicyclic) bond motifs is 12. The molecule has 0 aliphatic heterocycles. The van der Waals surface area contributed by atoms with Gasteiger partial charge < -0.3 is 10.2 Å². The van der Waals surface area contributed by atoms with Gasteiger partial charge in [0.15, 0.2) is 0 Å². The normalized spacial score (nSPS) is 11.2. The lowest BCUT2D eigenvalue weighted by Crippen LogP contribution is -2.11. The smallest absolute Gasteiger partial charge is 0.0540 e. The Bertz CT molecular complexity index is 7490. The summed E-state index contributed by atoms with van der Waals surface area (Å²) < 4.78 is 0. The molecule has 0 aliphatic carbocycles. The zero-order chi connectivity index (χ0) is 79.4. The number of benzene rings is 22. The quantitative estimate of drug-likeness (QED) is 0.116. The van der Waals surface area contributed by atoms with E-state index in [1.807, 2.05) is 12.1 Å². The van der Waals surface area contributed by atoms with Gasteiger partial charge in [-0.25, -0.2) is 0 Å². The Labute approximate surface area is 698 Å². The molecule has 0 fully saturated rings. The maximum Gasteiger partial charge on any atom is 0.0540 e. The summed E-state index contributed by atoms with van der Waals surface area (Å²) in [7, 11) is 0. The van der Waals surface area contributed by atoms with E-state index in [0.717, 1.165) is 33.5 Å². The second-order valence-corrected chi connectivity index (χ2v) is 30.7. The van der Waals surface area contributed by atoms with Crippen molar-refractivity contribution in [1.29, 1.82) is 0 Å². The van der Waals surface area contributed by atoms with E-state index >= 15 is 0 Å². The highest BCUT2D eigenvalue weighted by molar-refractivity contribution is 6.30. The van der Waals surface area contributed by atoms with Crippen LogP contribution in [0.25, 0.3) is 175 Å². The number of nitrogens with zero attached hydrogens (tertiary/aromatic N) is 1. The second kappa shape index (κ2) is 32.6. The topological polar surface area (TPSA) is 15.3 Å². The first-order chi connectivity index (χ1) is 59.0. The second-order valence-electron chi connectivity index (χ2n) is 30.3. The largest absolute Gasteiger partial charge is 0.355 e. The lowest BCUT2D eigenvalue weighted by Gasteiger charge is -2.28. The number of anilines is 5. The van der Waals surface area contributed by atoms with E-state index in [9.17, 15) is 0 Å². The zero-order valence-electron chi connectivity index (χ0n) is 65.4. The van der Waals surface area contributed by atoms with Gasteiger partial charge in [-0.15, -0.1) is 0 Å². The van der Waals surface area contributed by atoms with Crippen LogP contribution in [-0.2, 0) is 0 Å². The predicted octanol–water partition coefficient (Wildman–Crippen LogP) is 33.5. The first kappa shape index (κ1) is 72.8. The van der Waals surface area contributed by atoms with Gasteiger partial charge in [0.2, 0.25) is 0 Å². The van der Waals surface area contributed by atoms with E-state index in [1.54, 1.807) is 0 Å². The fraction of sp³-hybridized carbons (Fsp3) is 0. The third-order valence-electron chi connectivity index (χ3n) is 23.3. The van der Waals surface area contributed by atoms with Gasteiger partial charge in [-0.3, -0.25) is 0 Å². The summed E-state index contributed by atoms with van der Waals surface area (Å²) in [6.07, 6.45) is 0. The maximum atomic E-state index is 6.01. The summed E-state index contributed by atoms with van der Waals surface area (Å²) in [5, 5.41) is 24.8. The van der Waals surface area contributed by atoms with Crippen LogP contribution in [0.2, 0.25) is 5.02 Å². The molecule has 0 bridgehead atoms. The molecule has 0 aliphatic rings. The van der Waals surface area contributed by atoms with Gasteiger partial charge in [-0.1, -0.05) is 400 Å². The summed E-state index contributed by atoms with van der Waals surface area (Å²) in [4.78, 5) is 2.40. The molecule has 0 saturated carbocycles. The highest BCUT2D eigenvalue weighted by atomic mass is 35.5. The molecule has 0 unspecified atom stereocenters. The summed E-state index contributed by atoms with van der Waals surface area (Å²) in [6, 6.07) is 170. The molecule has 0 aromatic heterocycles. The van der Waals surface area contributed by atoms with Crippen molar-refractivity contribution in [2.24, 2.45) is 0 Å². The lowest BCUT2D eigenvalue weighted by atomic mass is 9.89. The molecule has 22 rings (SSSR count). The molecule has 3 heteroatoms. The van der Waals surface area contributed by atoms with E-state index in [2.05, 4.69) is 471 Å². The molecule has 0 atom stereocenters. The maximum absolute atomic E-state index is 6.01. The van der Waals surface area contributed by atoms with Crippen LogP contribution < -0.4 is 10.2 Å². The van der Waals surface area contributed by atoms with Crippen molar-refractivity contribution in [3.63, 3.8) is 0 Å². The number of nitrogens with one attached hydrogen (secondary N) is 1. The Morgan fingerprint density at radius 3 is 0.832 bits per heavy atom. The number of hydrogen-bond acceptors (Lipinski definition) is 2. The number of para-hydroxylation sites is 2. The Hall–Kier alpha value is -15.2. The van der Waals surface area contributed by atoms with E-state index in [1.165, 1.54) is 175 Å². The lowest BCUT2D eigenvalue weighted by molar-refractivity contribution is 1.28. The van der Waals surface area contributed by atoms with Gasteiger partial charge in [0.1, 0.15) is 0 Å². The van der Waals surface area contributed by atoms with Crippen LogP contribution in [0.3, 0.4) is 0 Å². The minimum Gasteiger partial charge on any atom is -0.355 e. The average Bonchev–Trinajstić information content (AvgIpc) is 0.765. The van der Waals surface area contributed by atoms with E-state index in [0.29, 0.717) is 0 Å². The van der Waals surface area contributed by atoms with Gasteiger partial charge in [-0.2, -0.15) is 0 Å². The van der Waals surface area contributed by atoms with Gasteiger partial charge in [0.05, 0.1) is 5.69 Å². The van der Waals surface area contributed by atoms with E-state index in [-0.39, 0.29) is 0 Å². The third kappa shape index (κ3) is 14.5. The fourth-order valence-electron chi connectivity index (χ4n) is 17.6. The molecule has 0 amide bonds. The number of halogens is 1. The average molecular weight is 1540 g/mol. The summed E-state index contributed by atoms with van der Waals surface area (Å²) in [5.41, 5.74) is 24.9. The number of hydrogen-bond donors (Lipinski definition) is 1. The molecule has 0 saturated heterocycles. The highest BCUT2D eigenvalue weighted by Gasteiger charge is 2.21. The predicted molar refractivity (Wildman–Crippen MR) is 512 cm³/mol. The van der Waals surface area contributed by atoms with Crippen LogP contribution in [0.4, 0.5) is 28.4 Å². The number of rotatable bonds is 13. The molecule has 0 heterocycles. The summed E-state index contributed by atoms with van der Waals surface area (Å²) in [6.45, 7) is 0. The minimum atomic E-state index is 0.767. The van der Waals surface area contributed by atoms with Gasteiger partial charge in [-0.05, 0) is 249 Å². The van der Waals surface area contributed by atoms with Gasteiger partial charge in [0.25, 0.3) is 0 Å². The van der Waals surface area contributed by atoms with Crippen LogP contribution in [0, 0.1) is 0 Å². The molecule has 0 spiro atoms. The van der Waals surface area contributed by atoms with Crippen molar-refractivity contribution in [3.05, 3.63) is 478 Å². The van der Waals surface area contributed by atoms with Crippen molar-refractivity contribution >= 4 is 126 Å². The molecule has 560 valence electrons. The van der Waals surface area contributed by atoms with Crippen LogP contribution in [-0.4, -0.2) is 0 Å². The van der Waals surface area contributed by atoms with Gasteiger partial charge >= 0.3 is 0 Å². The third-order valence-corrected chi connectivity index (χ3v) is 23.5. The summed E-state index contributed by atoms with van der Waals surface area (Å²) in [5.74, 6) is 0. The van der Waals surface area contributed by atoms with Crippen LogP contribution in [0.5, 0.6) is 0 Å². The Morgan fingerprint density at radius 2 is 0.429 bits per heavy atom. The Kier molecular flexibility index (Phi) is 19.9. The van der Waals surface area contributed by atoms with E-state index in [4.69, 9.17) is 11.6 Å². The first-order valence-electron chi connectivity index (χ1n) is 40.7. The van der Waals surface area contributed by atoms with Crippen LogP contribution in [0.15, 0.2) is 473 Å². The molecule has 22 aromatic rings. The van der Waals surface area contributed by atoms with Crippen molar-refractivity contribution in [1.82, 2.24) is 0 Å². The molecule has 22 aromatic carbocycles. The van der Waals surface area contributed by atoms with Crippen molar-refractivity contribution in [3.8, 4) is 89.0 Å². The van der Waals surface area contributed by atoms with Crippen molar-refractivity contribution in [2.75, 3.05) is 10.2 Å². The van der Waals surface area contributed by atoms with Crippen LogP contribution in [0.1, 0.15) is 0 Å².